The Morgan fingerprint density at radius 1 is 1.30 bits per heavy atom. The van der Waals surface area contributed by atoms with E-state index in [1.54, 1.807) is 0 Å². The topological polar surface area (TPSA) is 60.9 Å². The van der Waals surface area contributed by atoms with Crippen LogP contribution in [0.25, 0.3) is 0 Å². The number of hydrogen-bond donors (Lipinski definition) is 1. The van der Waals surface area contributed by atoms with Crippen molar-refractivity contribution in [1.29, 1.82) is 0 Å². The number of nitrogens with zero attached hydrogens (tertiary/aromatic N) is 2. The largest absolute Gasteiger partial charge is 0.325 e. The molecule has 0 amide bonds. The van der Waals surface area contributed by atoms with E-state index in [1.165, 1.54) is 38.5 Å². The molecule has 2 N–H and O–H groups in total. The Morgan fingerprint density at radius 3 is 2.70 bits per heavy atom. The number of nitrogens with two attached hydrogens (primary N) is 1. The van der Waals surface area contributed by atoms with Crippen molar-refractivity contribution in [3.63, 3.8) is 0 Å². The van der Waals surface area contributed by atoms with Crippen molar-refractivity contribution in [2.45, 2.75) is 75.8 Å². The summed E-state index contributed by atoms with van der Waals surface area (Å²) in [6.45, 7) is 0. The molecular formula is C16H25N3O. The summed E-state index contributed by atoms with van der Waals surface area (Å²) in [7, 11) is 0. The van der Waals surface area contributed by atoms with E-state index in [0.717, 1.165) is 18.5 Å². The van der Waals surface area contributed by atoms with Gasteiger partial charge in [-0.05, 0) is 38.2 Å². The molecule has 4 heteroatoms. The number of ketones is 1. The van der Waals surface area contributed by atoms with Crippen LogP contribution in [-0.4, -0.2) is 21.1 Å². The molecule has 0 atom stereocenters. The van der Waals surface area contributed by atoms with Gasteiger partial charge in [-0.15, -0.1) is 0 Å². The fourth-order valence-electron chi connectivity index (χ4n) is 3.49. The third-order valence-electron chi connectivity index (χ3n) is 4.89. The van der Waals surface area contributed by atoms with Crippen molar-refractivity contribution in [3.8, 4) is 0 Å². The Kier molecular flexibility index (Phi) is 3.92. The van der Waals surface area contributed by atoms with Gasteiger partial charge in [0.15, 0.2) is 0 Å². The van der Waals surface area contributed by atoms with Crippen LogP contribution in [0.4, 0.5) is 0 Å². The molecule has 1 heterocycles. The summed E-state index contributed by atoms with van der Waals surface area (Å²) in [4.78, 5) is 12.1. The fraction of sp³-hybridized carbons (Fsp3) is 0.750. The van der Waals surface area contributed by atoms with E-state index in [-0.39, 0.29) is 11.3 Å². The molecule has 4 nitrogen and oxygen atoms in total. The highest BCUT2D eigenvalue weighted by Crippen LogP contribution is 2.32. The van der Waals surface area contributed by atoms with Crippen molar-refractivity contribution in [2.24, 2.45) is 5.73 Å². The molecule has 0 saturated heterocycles. The van der Waals surface area contributed by atoms with E-state index in [4.69, 9.17) is 5.73 Å². The fourth-order valence-corrected chi connectivity index (χ4v) is 3.49. The highest BCUT2D eigenvalue weighted by atomic mass is 16.1. The molecule has 1 aromatic heterocycles. The number of carbonyl (C=O) groups excluding carboxylic acids is 1. The molecule has 0 spiro atoms. The first-order chi connectivity index (χ1) is 9.65. The first-order valence-corrected chi connectivity index (χ1v) is 7.99. The van der Waals surface area contributed by atoms with Gasteiger partial charge in [0.2, 0.25) is 0 Å². The lowest BCUT2D eigenvalue weighted by Gasteiger charge is -2.37. The van der Waals surface area contributed by atoms with E-state index in [2.05, 4.69) is 9.78 Å². The monoisotopic (exact) mass is 275 g/mol. The lowest BCUT2D eigenvalue weighted by molar-refractivity contribution is -0.120. The Hall–Kier alpha value is -1.16. The summed E-state index contributed by atoms with van der Waals surface area (Å²) in [5.41, 5.74) is 6.83. The average Bonchev–Trinajstić information content (AvgIpc) is 2.86. The van der Waals surface area contributed by atoms with Crippen molar-refractivity contribution in [2.75, 3.05) is 0 Å². The van der Waals surface area contributed by atoms with Gasteiger partial charge in [-0.2, -0.15) is 5.10 Å². The molecule has 0 unspecified atom stereocenters. The van der Waals surface area contributed by atoms with Gasteiger partial charge in [-0.25, -0.2) is 0 Å². The zero-order valence-electron chi connectivity index (χ0n) is 12.2. The van der Waals surface area contributed by atoms with Gasteiger partial charge < -0.3 is 5.73 Å². The van der Waals surface area contributed by atoms with Crippen LogP contribution in [0.15, 0.2) is 12.3 Å². The summed E-state index contributed by atoms with van der Waals surface area (Å²) in [5.74, 6) is 0.237. The average molecular weight is 275 g/mol. The standard InChI is InChI=1S/C16H25N3O/c17-16(8-4-9-16)12-15(20)11-13-7-10-19(18-13)14-5-2-1-3-6-14/h7,10,14H,1-6,8-9,11-12,17H2. The van der Waals surface area contributed by atoms with Crippen LogP contribution in [0.1, 0.15) is 69.5 Å². The minimum atomic E-state index is -0.205. The molecule has 0 aliphatic heterocycles. The van der Waals surface area contributed by atoms with Gasteiger partial charge in [0.1, 0.15) is 5.78 Å². The molecule has 2 fully saturated rings. The highest BCUT2D eigenvalue weighted by molar-refractivity contribution is 5.81. The molecule has 2 aliphatic carbocycles. The van der Waals surface area contributed by atoms with E-state index >= 15 is 0 Å². The van der Waals surface area contributed by atoms with Gasteiger partial charge in [0, 0.05) is 18.2 Å². The van der Waals surface area contributed by atoms with Crippen LogP contribution in [0.2, 0.25) is 0 Å². The zero-order valence-corrected chi connectivity index (χ0v) is 12.2. The molecule has 0 aromatic carbocycles. The van der Waals surface area contributed by atoms with Gasteiger partial charge in [0.25, 0.3) is 0 Å². The van der Waals surface area contributed by atoms with E-state index in [1.807, 2.05) is 12.3 Å². The summed E-state index contributed by atoms with van der Waals surface area (Å²) in [6, 6.07) is 2.54. The van der Waals surface area contributed by atoms with Gasteiger partial charge in [0.05, 0.1) is 18.2 Å². The summed E-state index contributed by atoms with van der Waals surface area (Å²) >= 11 is 0. The van der Waals surface area contributed by atoms with Gasteiger partial charge >= 0.3 is 0 Å². The Morgan fingerprint density at radius 2 is 2.05 bits per heavy atom. The molecule has 1 aromatic rings. The van der Waals surface area contributed by atoms with E-state index in [0.29, 0.717) is 18.9 Å². The molecule has 0 bridgehead atoms. The SMILES string of the molecule is NC1(CC(=O)Cc2ccn(C3CCCCC3)n2)CCC1. The first-order valence-electron chi connectivity index (χ1n) is 7.99. The predicted octanol–water partition coefficient (Wildman–Crippen LogP) is 2.77. The lowest BCUT2D eigenvalue weighted by atomic mass is 9.74. The first kappa shape index (κ1) is 13.8. The molecular weight excluding hydrogens is 250 g/mol. The van der Waals surface area contributed by atoms with Crippen LogP contribution in [0.5, 0.6) is 0 Å². The minimum absolute atomic E-state index is 0.205. The van der Waals surface area contributed by atoms with E-state index < -0.39 is 0 Å². The molecule has 110 valence electrons. The molecule has 2 aliphatic rings. The quantitative estimate of drug-likeness (QED) is 0.898. The second-order valence-electron chi connectivity index (χ2n) is 6.69. The second-order valence-corrected chi connectivity index (χ2v) is 6.69. The maximum atomic E-state index is 12.1. The third-order valence-corrected chi connectivity index (χ3v) is 4.89. The second kappa shape index (κ2) is 5.68. The zero-order chi connectivity index (χ0) is 14.0. The van der Waals surface area contributed by atoms with Crippen LogP contribution in [0.3, 0.4) is 0 Å². The van der Waals surface area contributed by atoms with Crippen molar-refractivity contribution in [3.05, 3.63) is 18.0 Å². The third kappa shape index (κ3) is 3.11. The molecule has 0 radical (unpaired) electrons. The number of aromatic nitrogens is 2. The van der Waals surface area contributed by atoms with E-state index in [9.17, 15) is 4.79 Å². The van der Waals surface area contributed by atoms with Crippen LogP contribution < -0.4 is 5.73 Å². The van der Waals surface area contributed by atoms with Crippen molar-refractivity contribution in [1.82, 2.24) is 9.78 Å². The highest BCUT2D eigenvalue weighted by Gasteiger charge is 2.34. The summed E-state index contributed by atoms with van der Waals surface area (Å²) in [5, 5.41) is 4.60. The molecule has 3 rings (SSSR count). The van der Waals surface area contributed by atoms with Crippen molar-refractivity contribution >= 4 is 5.78 Å². The van der Waals surface area contributed by atoms with Crippen LogP contribution in [0, 0.1) is 0 Å². The molecule has 2 saturated carbocycles. The predicted molar refractivity (Wildman–Crippen MR) is 78.4 cm³/mol. The van der Waals surface area contributed by atoms with Crippen LogP contribution in [-0.2, 0) is 11.2 Å². The normalized spacial score (nSPS) is 22.4. The Balaban J connectivity index is 1.55. The number of rotatable bonds is 5. The Bertz CT molecular complexity index is 470. The molecule has 20 heavy (non-hydrogen) atoms. The smallest absolute Gasteiger partial charge is 0.140 e. The Labute approximate surface area is 120 Å². The minimum Gasteiger partial charge on any atom is -0.325 e. The maximum Gasteiger partial charge on any atom is 0.140 e. The van der Waals surface area contributed by atoms with Gasteiger partial charge in [-0.1, -0.05) is 19.3 Å². The number of Topliss-reactive ketones (excluding diaryl/α,β-unsaturated/α-hetero) is 1. The van der Waals surface area contributed by atoms with Crippen LogP contribution >= 0.6 is 0 Å². The van der Waals surface area contributed by atoms with Crippen molar-refractivity contribution < 1.29 is 4.79 Å². The lowest BCUT2D eigenvalue weighted by Crippen LogP contribution is -2.48. The summed E-state index contributed by atoms with van der Waals surface area (Å²) < 4.78 is 2.07. The van der Waals surface area contributed by atoms with Gasteiger partial charge in [-0.3, -0.25) is 9.48 Å². The number of carbonyl (C=O) groups is 1. The summed E-state index contributed by atoms with van der Waals surface area (Å²) in [6.07, 6.45) is 12.6. The number of hydrogen-bond acceptors (Lipinski definition) is 3. The maximum absolute atomic E-state index is 12.1.